The summed E-state index contributed by atoms with van der Waals surface area (Å²) in [6, 6.07) is 10.2. The molecule has 1 saturated heterocycles. The van der Waals surface area contributed by atoms with Crippen molar-refractivity contribution < 1.29 is 18.7 Å². The Kier molecular flexibility index (Phi) is 7.18. The van der Waals surface area contributed by atoms with Crippen molar-refractivity contribution in [1.29, 1.82) is 0 Å². The molecule has 3 N–H and O–H groups in total. The zero-order chi connectivity index (χ0) is 26.6. The molecule has 0 saturated carbocycles. The van der Waals surface area contributed by atoms with Crippen LogP contribution in [0.1, 0.15) is 15.9 Å². The zero-order valence-corrected chi connectivity index (χ0v) is 21.1. The van der Waals surface area contributed by atoms with Crippen LogP contribution in [0.15, 0.2) is 55.0 Å². The first-order chi connectivity index (χ1) is 18.4. The van der Waals surface area contributed by atoms with E-state index in [0.29, 0.717) is 54.5 Å². The van der Waals surface area contributed by atoms with E-state index in [9.17, 15) is 14.0 Å². The molecule has 0 radical (unpaired) electrons. The molecule has 2 amide bonds. The maximum Gasteiger partial charge on any atom is 0.251 e. The second-order valence-electron chi connectivity index (χ2n) is 8.93. The molecule has 11 heteroatoms. The highest BCUT2D eigenvalue weighted by Gasteiger charge is 2.18. The molecule has 4 aromatic rings. The van der Waals surface area contributed by atoms with Crippen LogP contribution in [-0.2, 0) is 4.79 Å². The SMILES string of the molecule is COc1ccc(-c2cnc3c(Nc4ccc(C(=O)NCCN5CCNCC5=O)c(C)c4)nccn23)cc1F. The van der Waals surface area contributed by atoms with Gasteiger partial charge in [-0.3, -0.25) is 14.0 Å². The summed E-state index contributed by atoms with van der Waals surface area (Å²) >= 11 is 0. The minimum atomic E-state index is -0.454. The van der Waals surface area contributed by atoms with Gasteiger partial charge in [0.1, 0.15) is 0 Å². The van der Waals surface area contributed by atoms with Gasteiger partial charge in [0.05, 0.1) is 25.5 Å². The number of benzene rings is 2. The van der Waals surface area contributed by atoms with Gasteiger partial charge in [0, 0.05) is 55.4 Å². The molecular weight excluding hydrogens is 489 g/mol. The van der Waals surface area contributed by atoms with Gasteiger partial charge < -0.3 is 25.6 Å². The van der Waals surface area contributed by atoms with Crippen molar-refractivity contribution in [3.8, 4) is 17.0 Å². The number of amides is 2. The standard InChI is InChI=1S/C27H28FN7O3/c1-17-13-19(4-5-20(17)27(37)31-8-11-34-10-7-29-16-24(34)36)33-25-26-32-15-22(35(26)12-9-30-25)18-3-6-23(38-2)21(28)14-18/h3-6,9,12-15,29H,7-8,10-11,16H2,1-2H3,(H,30,33)(H,31,37). The number of carbonyl (C=O) groups is 2. The lowest BCUT2D eigenvalue weighted by Crippen LogP contribution is -2.50. The Labute approximate surface area is 218 Å². The number of halogens is 1. The van der Waals surface area contributed by atoms with E-state index in [2.05, 4.69) is 25.9 Å². The fourth-order valence-corrected chi connectivity index (χ4v) is 4.46. The average molecular weight is 518 g/mol. The van der Waals surface area contributed by atoms with Crippen LogP contribution < -0.4 is 20.7 Å². The van der Waals surface area contributed by atoms with Gasteiger partial charge in [-0.2, -0.15) is 0 Å². The van der Waals surface area contributed by atoms with Crippen LogP contribution in [0, 0.1) is 12.7 Å². The summed E-state index contributed by atoms with van der Waals surface area (Å²) in [6.07, 6.45) is 5.06. The number of nitrogens with zero attached hydrogens (tertiary/aromatic N) is 4. The number of anilines is 2. The Morgan fingerprint density at radius 2 is 2.08 bits per heavy atom. The predicted octanol–water partition coefficient (Wildman–Crippen LogP) is 2.76. The summed E-state index contributed by atoms with van der Waals surface area (Å²) in [6.45, 7) is 4.47. The van der Waals surface area contributed by atoms with Crippen LogP contribution in [0.25, 0.3) is 16.9 Å². The molecule has 0 spiro atoms. The molecule has 38 heavy (non-hydrogen) atoms. The number of rotatable bonds is 8. The Morgan fingerprint density at radius 3 is 2.84 bits per heavy atom. The third kappa shape index (κ3) is 5.14. The number of fused-ring (bicyclic) bond motifs is 1. The van der Waals surface area contributed by atoms with E-state index < -0.39 is 5.82 Å². The van der Waals surface area contributed by atoms with Crippen LogP contribution >= 0.6 is 0 Å². The van der Waals surface area contributed by atoms with E-state index in [-0.39, 0.29) is 17.6 Å². The van der Waals surface area contributed by atoms with E-state index in [1.807, 2.05) is 17.4 Å². The highest BCUT2D eigenvalue weighted by Crippen LogP contribution is 2.28. The molecule has 2 aromatic heterocycles. The zero-order valence-electron chi connectivity index (χ0n) is 21.1. The predicted molar refractivity (Wildman–Crippen MR) is 141 cm³/mol. The van der Waals surface area contributed by atoms with Gasteiger partial charge in [0.2, 0.25) is 5.91 Å². The molecule has 196 valence electrons. The third-order valence-corrected chi connectivity index (χ3v) is 6.46. The Hall–Kier alpha value is -4.51. The van der Waals surface area contributed by atoms with E-state index >= 15 is 0 Å². The third-order valence-electron chi connectivity index (χ3n) is 6.46. The first-order valence-corrected chi connectivity index (χ1v) is 12.2. The highest BCUT2D eigenvalue weighted by molar-refractivity contribution is 5.96. The Bertz CT molecular complexity index is 1500. The maximum absolute atomic E-state index is 14.3. The van der Waals surface area contributed by atoms with Crippen LogP contribution in [0.3, 0.4) is 0 Å². The largest absolute Gasteiger partial charge is 0.494 e. The smallest absolute Gasteiger partial charge is 0.251 e. The van der Waals surface area contributed by atoms with Gasteiger partial charge in [-0.25, -0.2) is 14.4 Å². The van der Waals surface area contributed by atoms with Gasteiger partial charge in [-0.1, -0.05) is 0 Å². The first kappa shape index (κ1) is 25.2. The number of nitrogens with one attached hydrogen (secondary N) is 3. The normalized spacial score (nSPS) is 13.6. The monoisotopic (exact) mass is 517 g/mol. The fraction of sp³-hybridized carbons (Fsp3) is 0.259. The van der Waals surface area contributed by atoms with Crippen LogP contribution in [0.2, 0.25) is 0 Å². The summed E-state index contributed by atoms with van der Waals surface area (Å²) in [5.41, 5.74) is 4.01. The minimum absolute atomic E-state index is 0.0431. The number of aromatic nitrogens is 3. The number of ether oxygens (including phenoxy) is 1. The van der Waals surface area contributed by atoms with Crippen molar-refractivity contribution in [3.05, 3.63) is 71.9 Å². The quantitative estimate of drug-likeness (QED) is 0.329. The van der Waals surface area contributed by atoms with Gasteiger partial charge in [0.25, 0.3) is 5.91 Å². The molecule has 1 aliphatic rings. The molecular formula is C27H28FN7O3. The molecule has 0 aliphatic carbocycles. The van der Waals surface area contributed by atoms with E-state index in [0.717, 1.165) is 17.8 Å². The molecule has 0 bridgehead atoms. The Morgan fingerprint density at radius 1 is 1.21 bits per heavy atom. The van der Waals surface area contributed by atoms with E-state index in [1.54, 1.807) is 47.8 Å². The molecule has 10 nitrogen and oxygen atoms in total. The van der Waals surface area contributed by atoms with Gasteiger partial charge in [-0.05, 0) is 48.9 Å². The summed E-state index contributed by atoms with van der Waals surface area (Å²) < 4.78 is 21.1. The molecule has 1 aliphatic heterocycles. The summed E-state index contributed by atoms with van der Waals surface area (Å²) in [7, 11) is 1.43. The number of methoxy groups -OCH3 is 1. The van der Waals surface area contributed by atoms with E-state index in [1.165, 1.54) is 13.2 Å². The number of hydrogen-bond donors (Lipinski definition) is 3. The topological polar surface area (TPSA) is 113 Å². The second kappa shape index (κ2) is 10.9. The first-order valence-electron chi connectivity index (χ1n) is 12.2. The van der Waals surface area contributed by atoms with Crippen LogP contribution in [0.5, 0.6) is 5.75 Å². The number of hydrogen-bond acceptors (Lipinski definition) is 7. The maximum atomic E-state index is 14.3. The lowest BCUT2D eigenvalue weighted by molar-refractivity contribution is -0.131. The van der Waals surface area contributed by atoms with E-state index in [4.69, 9.17) is 4.74 Å². The fourth-order valence-electron chi connectivity index (χ4n) is 4.46. The molecule has 1 fully saturated rings. The van der Waals surface area contributed by atoms with Crippen molar-refractivity contribution in [3.63, 3.8) is 0 Å². The lowest BCUT2D eigenvalue weighted by Gasteiger charge is -2.27. The molecule has 0 unspecified atom stereocenters. The molecule has 0 atom stereocenters. The Balaban J connectivity index is 1.29. The summed E-state index contributed by atoms with van der Waals surface area (Å²) in [5, 5.41) is 9.20. The molecule has 3 heterocycles. The highest BCUT2D eigenvalue weighted by atomic mass is 19.1. The number of aryl methyl sites for hydroxylation is 1. The van der Waals surface area contributed by atoms with Crippen molar-refractivity contribution in [2.24, 2.45) is 0 Å². The number of carbonyl (C=O) groups excluding carboxylic acids is 2. The summed E-state index contributed by atoms with van der Waals surface area (Å²) in [5.74, 6) is 0.0889. The average Bonchev–Trinajstić information content (AvgIpc) is 3.35. The minimum Gasteiger partial charge on any atom is -0.494 e. The van der Waals surface area contributed by atoms with Crippen molar-refractivity contribution >= 4 is 29.0 Å². The van der Waals surface area contributed by atoms with Gasteiger partial charge >= 0.3 is 0 Å². The summed E-state index contributed by atoms with van der Waals surface area (Å²) in [4.78, 5) is 35.3. The second-order valence-corrected chi connectivity index (χ2v) is 8.93. The lowest BCUT2D eigenvalue weighted by atomic mass is 10.1. The van der Waals surface area contributed by atoms with Crippen molar-refractivity contribution in [2.75, 3.05) is 45.2 Å². The van der Waals surface area contributed by atoms with Gasteiger partial charge in [0.15, 0.2) is 23.0 Å². The number of piperazine rings is 1. The molecule has 2 aromatic carbocycles. The van der Waals surface area contributed by atoms with Crippen molar-refractivity contribution in [2.45, 2.75) is 6.92 Å². The van der Waals surface area contributed by atoms with Gasteiger partial charge in [-0.15, -0.1) is 0 Å². The van der Waals surface area contributed by atoms with Crippen molar-refractivity contribution in [1.82, 2.24) is 29.9 Å². The van der Waals surface area contributed by atoms with Crippen LogP contribution in [-0.4, -0.2) is 70.9 Å². The van der Waals surface area contributed by atoms with Crippen LogP contribution in [0.4, 0.5) is 15.9 Å². The molecule has 5 rings (SSSR count). The number of imidazole rings is 1.